The molecule has 1 aliphatic heterocycles. The monoisotopic (exact) mass is 419 g/mol. The average molecular weight is 420 g/mol. The molecule has 0 radical (unpaired) electrons. The maximum Gasteiger partial charge on any atom is 0.253 e. The number of nitrogens with zero attached hydrogens (tertiary/aromatic N) is 4. The van der Waals surface area contributed by atoms with Crippen LogP contribution in [0.15, 0.2) is 41.9 Å². The first-order valence-corrected chi connectivity index (χ1v) is 10.7. The van der Waals surface area contributed by atoms with Crippen molar-refractivity contribution < 1.29 is 4.79 Å². The van der Waals surface area contributed by atoms with E-state index in [-0.39, 0.29) is 0 Å². The molecule has 0 spiro atoms. The Bertz CT molecular complexity index is 1220. The van der Waals surface area contributed by atoms with Gasteiger partial charge >= 0.3 is 0 Å². The maximum atomic E-state index is 11.8. The zero-order valence-electron chi connectivity index (χ0n) is 16.3. The molecule has 0 atom stereocenters. The highest BCUT2D eigenvalue weighted by atomic mass is 32.1. The molecule has 9 heteroatoms. The first-order chi connectivity index (χ1) is 14.7. The highest BCUT2D eigenvalue weighted by Gasteiger charge is 2.19. The Morgan fingerprint density at radius 3 is 3.03 bits per heavy atom. The topological polar surface area (TPSA) is 111 Å². The fourth-order valence-electron chi connectivity index (χ4n) is 3.77. The predicted octanol–water partition coefficient (Wildman–Crippen LogP) is 2.62. The van der Waals surface area contributed by atoms with Crippen LogP contribution in [-0.4, -0.2) is 32.2 Å². The minimum Gasteiger partial charge on any atom is -0.366 e. The fraction of sp³-hybridized carbons (Fsp3) is 0.238. The lowest BCUT2D eigenvalue weighted by Crippen LogP contribution is -2.16. The molecule has 4 heterocycles. The SMILES string of the molecule is NC(=O)c1cccc2c1cnn2-c1nc2c(c(NCc3cccs3)n1)CCCNC2. The van der Waals surface area contributed by atoms with Crippen molar-refractivity contribution in [1.82, 2.24) is 25.1 Å². The van der Waals surface area contributed by atoms with E-state index in [1.54, 1.807) is 34.3 Å². The second kappa shape index (κ2) is 7.85. The first kappa shape index (κ1) is 18.7. The second-order valence-corrected chi connectivity index (χ2v) is 8.20. The molecule has 152 valence electrons. The summed E-state index contributed by atoms with van der Waals surface area (Å²) in [5.74, 6) is 0.829. The van der Waals surface area contributed by atoms with Gasteiger partial charge in [-0.15, -0.1) is 11.3 Å². The number of carbonyl (C=O) groups excluding carboxylic acids is 1. The summed E-state index contributed by atoms with van der Waals surface area (Å²) in [6, 6.07) is 9.53. The van der Waals surface area contributed by atoms with Gasteiger partial charge in [0.2, 0.25) is 5.91 Å². The molecule has 30 heavy (non-hydrogen) atoms. The lowest BCUT2D eigenvalue weighted by molar-refractivity contribution is 0.100. The highest BCUT2D eigenvalue weighted by Crippen LogP contribution is 2.26. The van der Waals surface area contributed by atoms with Crippen molar-refractivity contribution in [3.05, 3.63) is 63.6 Å². The largest absolute Gasteiger partial charge is 0.366 e. The quantitative estimate of drug-likeness (QED) is 0.459. The Morgan fingerprint density at radius 2 is 2.20 bits per heavy atom. The number of carbonyl (C=O) groups is 1. The molecule has 4 N–H and O–H groups in total. The van der Waals surface area contributed by atoms with Gasteiger partial charge in [0.1, 0.15) is 5.82 Å². The summed E-state index contributed by atoms with van der Waals surface area (Å²) in [6.45, 7) is 2.34. The number of primary amides is 1. The van der Waals surface area contributed by atoms with E-state index in [4.69, 9.17) is 15.7 Å². The molecule has 0 bridgehead atoms. The van der Waals surface area contributed by atoms with Crippen molar-refractivity contribution in [3.63, 3.8) is 0 Å². The van der Waals surface area contributed by atoms with Gasteiger partial charge in [0.05, 0.1) is 29.5 Å². The standard InChI is InChI=1S/C21H21N7OS/c22-19(29)14-5-1-7-18-16(14)11-25-28(18)21-26-17-12-23-8-2-6-15(17)20(27-21)24-10-13-4-3-9-30-13/h1,3-5,7,9,11,23H,2,6,8,10,12H2,(H2,22,29)(H,24,26,27). The van der Waals surface area contributed by atoms with Gasteiger partial charge in [0, 0.05) is 22.4 Å². The Hall–Kier alpha value is -3.30. The van der Waals surface area contributed by atoms with Gasteiger partial charge < -0.3 is 16.4 Å². The number of hydrogen-bond donors (Lipinski definition) is 3. The lowest BCUT2D eigenvalue weighted by Gasteiger charge is -2.15. The number of rotatable bonds is 5. The normalized spacial score (nSPS) is 13.7. The van der Waals surface area contributed by atoms with Crippen molar-refractivity contribution in [2.75, 3.05) is 11.9 Å². The van der Waals surface area contributed by atoms with E-state index >= 15 is 0 Å². The Kier molecular flexibility index (Phi) is 4.89. The molecule has 1 aromatic carbocycles. The van der Waals surface area contributed by atoms with Crippen molar-refractivity contribution in [2.24, 2.45) is 5.73 Å². The molecule has 8 nitrogen and oxygen atoms in total. The molecule has 3 aromatic heterocycles. The van der Waals surface area contributed by atoms with Crippen LogP contribution in [0, 0.1) is 0 Å². The lowest BCUT2D eigenvalue weighted by atomic mass is 10.1. The molecule has 1 amide bonds. The molecule has 0 unspecified atom stereocenters. The molecular weight excluding hydrogens is 398 g/mol. The van der Waals surface area contributed by atoms with Crippen molar-refractivity contribution in [3.8, 4) is 5.95 Å². The minimum absolute atomic E-state index is 0.436. The van der Waals surface area contributed by atoms with E-state index in [1.165, 1.54) is 4.88 Å². The van der Waals surface area contributed by atoms with Crippen LogP contribution >= 0.6 is 11.3 Å². The number of benzene rings is 1. The van der Waals surface area contributed by atoms with Crippen LogP contribution < -0.4 is 16.4 Å². The van der Waals surface area contributed by atoms with E-state index < -0.39 is 5.91 Å². The molecule has 0 aliphatic carbocycles. The van der Waals surface area contributed by atoms with Crippen molar-refractivity contribution >= 4 is 34.0 Å². The van der Waals surface area contributed by atoms with Crippen molar-refractivity contribution in [2.45, 2.75) is 25.9 Å². The van der Waals surface area contributed by atoms with Gasteiger partial charge in [0.25, 0.3) is 5.95 Å². The van der Waals surface area contributed by atoms with Crippen LogP contribution in [0.5, 0.6) is 0 Å². The zero-order valence-corrected chi connectivity index (χ0v) is 17.1. The minimum atomic E-state index is -0.481. The third-order valence-electron chi connectivity index (χ3n) is 5.23. The van der Waals surface area contributed by atoms with Crippen LogP contribution in [-0.2, 0) is 19.5 Å². The predicted molar refractivity (Wildman–Crippen MR) is 117 cm³/mol. The van der Waals surface area contributed by atoms with Gasteiger partial charge in [-0.2, -0.15) is 14.8 Å². The third-order valence-corrected chi connectivity index (χ3v) is 6.11. The van der Waals surface area contributed by atoms with Gasteiger partial charge in [0.15, 0.2) is 0 Å². The van der Waals surface area contributed by atoms with Crippen molar-refractivity contribution in [1.29, 1.82) is 0 Å². The number of anilines is 1. The number of nitrogens with one attached hydrogen (secondary N) is 2. The van der Waals surface area contributed by atoms with E-state index in [9.17, 15) is 4.79 Å². The van der Waals surface area contributed by atoms with E-state index in [1.807, 2.05) is 12.1 Å². The van der Waals surface area contributed by atoms with Gasteiger partial charge in [-0.3, -0.25) is 4.79 Å². The molecule has 4 aromatic rings. The molecular formula is C21H21N7OS. The van der Waals surface area contributed by atoms with E-state index in [0.29, 0.717) is 30.0 Å². The number of thiophene rings is 1. The molecule has 0 fully saturated rings. The third kappa shape index (κ3) is 3.42. The van der Waals surface area contributed by atoms with Gasteiger partial charge in [-0.25, -0.2) is 4.98 Å². The molecule has 5 rings (SSSR count). The maximum absolute atomic E-state index is 11.8. The summed E-state index contributed by atoms with van der Waals surface area (Å²) in [5.41, 5.74) is 8.83. The highest BCUT2D eigenvalue weighted by molar-refractivity contribution is 7.09. The van der Waals surface area contributed by atoms with Crippen LogP contribution in [0.2, 0.25) is 0 Å². The summed E-state index contributed by atoms with van der Waals surface area (Å²) in [6.07, 6.45) is 3.60. The van der Waals surface area contributed by atoms with Gasteiger partial charge in [-0.1, -0.05) is 12.1 Å². The van der Waals surface area contributed by atoms with Crippen LogP contribution in [0.25, 0.3) is 16.9 Å². The Labute approximate surface area is 177 Å². The number of amides is 1. The second-order valence-electron chi connectivity index (χ2n) is 7.17. The first-order valence-electron chi connectivity index (χ1n) is 9.84. The molecule has 0 saturated heterocycles. The summed E-state index contributed by atoms with van der Waals surface area (Å²) < 4.78 is 1.67. The van der Waals surface area contributed by atoms with Crippen LogP contribution in [0.1, 0.15) is 32.9 Å². The van der Waals surface area contributed by atoms with E-state index in [2.05, 4.69) is 27.2 Å². The number of aromatic nitrogens is 4. The summed E-state index contributed by atoms with van der Waals surface area (Å²) in [5, 5.41) is 14.2. The number of hydrogen-bond acceptors (Lipinski definition) is 7. The zero-order chi connectivity index (χ0) is 20.5. The summed E-state index contributed by atoms with van der Waals surface area (Å²) in [7, 11) is 0. The Morgan fingerprint density at radius 1 is 1.27 bits per heavy atom. The molecule has 0 saturated carbocycles. The van der Waals surface area contributed by atoms with Crippen LogP contribution in [0.3, 0.4) is 0 Å². The number of fused-ring (bicyclic) bond motifs is 2. The smallest absolute Gasteiger partial charge is 0.253 e. The molecule has 1 aliphatic rings. The van der Waals surface area contributed by atoms with E-state index in [0.717, 1.165) is 42.0 Å². The Balaban J connectivity index is 1.61. The summed E-state index contributed by atoms with van der Waals surface area (Å²) in [4.78, 5) is 22.7. The van der Waals surface area contributed by atoms with Gasteiger partial charge in [-0.05, 0) is 43.0 Å². The van der Waals surface area contributed by atoms with Crippen LogP contribution in [0.4, 0.5) is 5.82 Å². The fourth-order valence-corrected chi connectivity index (χ4v) is 4.42. The summed E-state index contributed by atoms with van der Waals surface area (Å²) >= 11 is 1.71. The average Bonchev–Trinajstić information content (AvgIpc) is 3.36. The number of nitrogens with two attached hydrogens (primary N) is 1.